The summed E-state index contributed by atoms with van der Waals surface area (Å²) >= 11 is 0. The molecule has 3 rings (SSSR count). The average molecular weight is 345 g/mol. The largest absolute Gasteiger partial charge is 0.396 e. The molecule has 136 valence electrons. The number of rotatable bonds is 5. The van der Waals surface area contributed by atoms with Crippen molar-refractivity contribution < 1.29 is 14.7 Å². The predicted octanol–water partition coefficient (Wildman–Crippen LogP) is 1.73. The molecule has 0 radical (unpaired) electrons. The number of carbonyl (C=O) groups excluding carboxylic acids is 2. The van der Waals surface area contributed by atoms with E-state index in [4.69, 9.17) is 0 Å². The summed E-state index contributed by atoms with van der Waals surface area (Å²) < 4.78 is 0. The second kappa shape index (κ2) is 8.34. The second-order valence-electron chi connectivity index (χ2n) is 6.97. The fourth-order valence-electron chi connectivity index (χ4n) is 3.80. The third-order valence-corrected chi connectivity index (χ3v) is 5.11. The lowest BCUT2D eigenvalue weighted by Crippen LogP contribution is -2.51. The highest BCUT2D eigenvalue weighted by Crippen LogP contribution is 2.21. The van der Waals surface area contributed by atoms with Crippen LogP contribution in [-0.2, 0) is 11.3 Å². The summed E-state index contributed by atoms with van der Waals surface area (Å²) in [5, 5.41) is 12.2. The maximum absolute atomic E-state index is 12.6. The van der Waals surface area contributed by atoms with E-state index in [-0.39, 0.29) is 30.6 Å². The van der Waals surface area contributed by atoms with Crippen LogP contribution in [0.2, 0.25) is 0 Å². The second-order valence-corrected chi connectivity index (χ2v) is 6.97. The molecule has 1 aromatic carbocycles. The number of carbonyl (C=O) groups is 2. The van der Waals surface area contributed by atoms with Gasteiger partial charge in [0, 0.05) is 38.7 Å². The minimum Gasteiger partial charge on any atom is -0.396 e. The molecule has 2 unspecified atom stereocenters. The minimum absolute atomic E-state index is 0.0831. The molecular formula is C19H27N3O3. The number of nitrogens with one attached hydrogen (secondary N) is 1. The molecule has 2 fully saturated rings. The van der Waals surface area contributed by atoms with Gasteiger partial charge in [-0.3, -0.25) is 4.79 Å². The van der Waals surface area contributed by atoms with E-state index >= 15 is 0 Å². The lowest BCUT2D eigenvalue weighted by atomic mass is 10.00. The zero-order chi connectivity index (χ0) is 17.6. The molecule has 3 amide bonds. The zero-order valence-corrected chi connectivity index (χ0v) is 14.6. The Morgan fingerprint density at radius 1 is 1.24 bits per heavy atom. The Balaban J connectivity index is 1.54. The fourth-order valence-corrected chi connectivity index (χ4v) is 3.80. The molecule has 2 heterocycles. The summed E-state index contributed by atoms with van der Waals surface area (Å²) in [7, 11) is 0. The molecule has 0 aromatic heterocycles. The third-order valence-electron chi connectivity index (χ3n) is 5.11. The van der Waals surface area contributed by atoms with Gasteiger partial charge in [0.15, 0.2) is 0 Å². The predicted molar refractivity (Wildman–Crippen MR) is 94.8 cm³/mol. The summed E-state index contributed by atoms with van der Waals surface area (Å²) in [6, 6.07) is 9.77. The highest BCUT2D eigenvalue weighted by atomic mass is 16.3. The monoisotopic (exact) mass is 345 g/mol. The van der Waals surface area contributed by atoms with Gasteiger partial charge >= 0.3 is 6.03 Å². The quantitative estimate of drug-likeness (QED) is 0.854. The van der Waals surface area contributed by atoms with Gasteiger partial charge in [0.2, 0.25) is 5.91 Å². The van der Waals surface area contributed by atoms with Crippen LogP contribution in [0.15, 0.2) is 30.3 Å². The van der Waals surface area contributed by atoms with Crippen LogP contribution < -0.4 is 5.32 Å². The molecule has 0 saturated carbocycles. The van der Waals surface area contributed by atoms with Crippen molar-refractivity contribution in [2.75, 3.05) is 19.7 Å². The topological polar surface area (TPSA) is 72.9 Å². The van der Waals surface area contributed by atoms with Crippen molar-refractivity contribution in [1.82, 2.24) is 15.1 Å². The molecule has 6 heteroatoms. The molecule has 2 N–H and O–H groups in total. The Hall–Kier alpha value is -2.08. The molecular weight excluding hydrogens is 318 g/mol. The molecule has 0 aliphatic carbocycles. The van der Waals surface area contributed by atoms with Gasteiger partial charge in [0.05, 0.1) is 6.04 Å². The van der Waals surface area contributed by atoms with Crippen molar-refractivity contribution in [3.63, 3.8) is 0 Å². The first-order valence-corrected chi connectivity index (χ1v) is 9.17. The number of benzene rings is 1. The van der Waals surface area contributed by atoms with Crippen LogP contribution in [0.1, 0.15) is 37.7 Å². The smallest absolute Gasteiger partial charge is 0.317 e. The van der Waals surface area contributed by atoms with Crippen molar-refractivity contribution >= 4 is 11.9 Å². The summed E-state index contributed by atoms with van der Waals surface area (Å²) in [6.07, 6.45) is 4.02. The number of urea groups is 1. The molecule has 0 spiro atoms. The maximum Gasteiger partial charge on any atom is 0.317 e. The van der Waals surface area contributed by atoms with E-state index in [1.165, 1.54) is 0 Å². The summed E-state index contributed by atoms with van der Waals surface area (Å²) in [5.41, 5.74) is 1.10. The van der Waals surface area contributed by atoms with E-state index < -0.39 is 0 Å². The SMILES string of the molecule is O=C1CC(NC(=O)N2CCCCC2CCO)CN1Cc1ccccc1. The zero-order valence-electron chi connectivity index (χ0n) is 14.6. The molecule has 1 aromatic rings. The Labute approximate surface area is 148 Å². The Morgan fingerprint density at radius 2 is 2.04 bits per heavy atom. The van der Waals surface area contributed by atoms with Crippen LogP contribution in [0.5, 0.6) is 0 Å². The summed E-state index contributed by atoms with van der Waals surface area (Å²) in [6.45, 7) is 1.97. The average Bonchev–Trinajstić information content (AvgIpc) is 2.95. The molecule has 2 aliphatic rings. The number of aliphatic hydroxyl groups excluding tert-OH is 1. The van der Waals surface area contributed by atoms with E-state index in [1.807, 2.05) is 40.1 Å². The fraction of sp³-hybridized carbons (Fsp3) is 0.579. The number of hydrogen-bond acceptors (Lipinski definition) is 3. The van der Waals surface area contributed by atoms with Gasteiger partial charge in [-0.1, -0.05) is 30.3 Å². The van der Waals surface area contributed by atoms with Crippen LogP contribution in [0.4, 0.5) is 4.79 Å². The Morgan fingerprint density at radius 3 is 2.80 bits per heavy atom. The van der Waals surface area contributed by atoms with Crippen molar-refractivity contribution in [2.45, 2.75) is 50.7 Å². The minimum atomic E-state index is -0.139. The van der Waals surface area contributed by atoms with E-state index in [1.54, 1.807) is 0 Å². The van der Waals surface area contributed by atoms with Gasteiger partial charge in [-0.25, -0.2) is 4.79 Å². The lowest BCUT2D eigenvalue weighted by Gasteiger charge is -2.36. The molecule has 6 nitrogen and oxygen atoms in total. The van der Waals surface area contributed by atoms with Crippen LogP contribution in [0.25, 0.3) is 0 Å². The number of aliphatic hydroxyl groups is 1. The third kappa shape index (κ3) is 4.51. The van der Waals surface area contributed by atoms with Crippen molar-refractivity contribution in [3.05, 3.63) is 35.9 Å². The first-order chi connectivity index (χ1) is 12.2. The van der Waals surface area contributed by atoms with Crippen LogP contribution in [0.3, 0.4) is 0 Å². The summed E-state index contributed by atoms with van der Waals surface area (Å²) in [5.74, 6) is 0.0831. The standard InChI is InChI=1S/C19H27N3O3/c23-11-9-17-8-4-5-10-22(17)19(25)20-16-12-18(24)21(14-16)13-15-6-2-1-3-7-15/h1-3,6-7,16-17,23H,4-5,8-14H2,(H,20,25). The normalized spacial score (nSPS) is 23.8. The molecule has 2 atom stereocenters. The number of nitrogens with zero attached hydrogens (tertiary/aromatic N) is 2. The van der Waals surface area contributed by atoms with Gasteiger partial charge in [-0.2, -0.15) is 0 Å². The van der Waals surface area contributed by atoms with Crippen molar-refractivity contribution in [2.24, 2.45) is 0 Å². The van der Waals surface area contributed by atoms with Crippen LogP contribution >= 0.6 is 0 Å². The number of likely N-dealkylation sites (tertiary alicyclic amines) is 2. The van der Waals surface area contributed by atoms with Crippen molar-refractivity contribution in [1.29, 1.82) is 0 Å². The van der Waals surface area contributed by atoms with Gasteiger partial charge in [0.1, 0.15) is 0 Å². The summed E-state index contributed by atoms with van der Waals surface area (Å²) in [4.78, 5) is 28.5. The molecule has 2 aliphatic heterocycles. The van der Waals surface area contributed by atoms with E-state index in [0.29, 0.717) is 25.9 Å². The number of hydrogen-bond donors (Lipinski definition) is 2. The number of amides is 3. The molecule has 2 saturated heterocycles. The molecule has 0 bridgehead atoms. The first kappa shape index (κ1) is 17.7. The maximum atomic E-state index is 12.6. The van der Waals surface area contributed by atoms with Gasteiger partial charge in [-0.15, -0.1) is 0 Å². The van der Waals surface area contributed by atoms with Crippen LogP contribution in [0, 0.1) is 0 Å². The lowest BCUT2D eigenvalue weighted by molar-refractivity contribution is -0.128. The van der Waals surface area contributed by atoms with Gasteiger partial charge < -0.3 is 20.2 Å². The van der Waals surface area contributed by atoms with Crippen LogP contribution in [-0.4, -0.2) is 58.6 Å². The van der Waals surface area contributed by atoms with Crippen molar-refractivity contribution in [3.8, 4) is 0 Å². The number of piperidine rings is 1. The van der Waals surface area contributed by atoms with E-state index in [9.17, 15) is 14.7 Å². The molecule has 25 heavy (non-hydrogen) atoms. The highest BCUT2D eigenvalue weighted by molar-refractivity contribution is 5.81. The highest BCUT2D eigenvalue weighted by Gasteiger charge is 2.33. The van der Waals surface area contributed by atoms with Gasteiger partial charge in [0.25, 0.3) is 0 Å². The first-order valence-electron chi connectivity index (χ1n) is 9.17. The van der Waals surface area contributed by atoms with E-state index in [0.717, 1.165) is 31.4 Å². The van der Waals surface area contributed by atoms with Gasteiger partial charge in [-0.05, 0) is 31.2 Å². The van der Waals surface area contributed by atoms with E-state index in [2.05, 4.69) is 5.32 Å². The Bertz CT molecular complexity index is 591. The Kier molecular flexibility index (Phi) is 5.91.